The number of hydrogen-bond acceptors (Lipinski definition) is 7. The Morgan fingerprint density at radius 3 is 2.74 bits per heavy atom. The molecule has 0 aliphatic carbocycles. The van der Waals surface area contributed by atoms with Crippen LogP contribution in [-0.2, 0) is 9.73 Å². The topological polar surface area (TPSA) is 68.6 Å². The van der Waals surface area contributed by atoms with Crippen molar-refractivity contribution in [3.8, 4) is 0 Å². The van der Waals surface area contributed by atoms with Gasteiger partial charge in [0.05, 0.1) is 5.22 Å². The lowest BCUT2D eigenvalue weighted by atomic mass is 10.2. The summed E-state index contributed by atoms with van der Waals surface area (Å²) in [4.78, 5) is 20.0. The summed E-state index contributed by atoms with van der Waals surface area (Å²) in [7, 11) is 2.08. The second-order valence-electron chi connectivity index (χ2n) is 4.70. The standard InChI is InChI=1S/C12H14N4O3/c1-14-2-4-15(5-3-14)10-6-9(8-17)12-11(7-10)16(18)19-13-12/h6-7,18H,2-5H2,1H3. The van der Waals surface area contributed by atoms with Crippen LogP contribution in [0.4, 0.5) is 11.4 Å². The van der Waals surface area contributed by atoms with Gasteiger partial charge in [0.25, 0.3) is 0 Å². The first-order valence-electron chi connectivity index (χ1n) is 6.06. The lowest BCUT2D eigenvalue weighted by Gasteiger charge is -2.34. The van der Waals surface area contributed by atoms with Crippen LogP contribution >= 0.6 is 0 Å². The molecule has 2 aliphatic heterocycles. The van der Waals surface area contributed by atoms with Crippen molar-refractivity contribution in [2.45, 2.75) is 0 Å². The van der Waals surface area contributed by atoms with Crippen LogP contribution in [0.15, 0.2) is 17.3 Å². The highest BCUT2D eigenvalue weighted by Gasteiger charge is 2.21. The molecule has 0 bridgehead atoms. The molecule has 0 amide bonds. The van der Waals surface area contributed by atoms with Crippen molar-refractivity contribution in [2.75, 3.05) is 43.4 Å². The largest absolute Gasteiger partial charge is 0.369 e. The van der Waals surface area contributed by atoms with Gasteiger partial charge in [-0.3, -0.25) is 5.21 Å². The number of piperazine rings is 1. The Labute approximate surface area is 109 Å². The van der Waals surface area contributed by atoms with Gasteiger partial charge in [0.15, 0.2) is 5.36 Å². The van der Waals surface area contributed by atoms with Gasteiger partial charge in [0.1, 0.15) is 11.6 Å². The van der Waals surface area contributed by atoms with Crippen LogP contribution in [-0.4, -0.2) is 49.3 Å². The van der Waals surface area contributed by atoms with Crippen molar-refractivity contribution in [1.82, 2.24) is 4.90 Å². The molecule has 0 spiro atoms. The molecule has 1 aromatic carbocycles. The summed E-state index contributed by atoms with van der Waals surface area (Å²) in [5.74, 6) is 1.84. The van der Waals surface area contributed by atoms with Crippen molar-refractivity contribution >= 4 is 17.3 Å². The van der Waals surface area contributed by atoms with E-state index in [0.717, 1.165) is 31.9 Å². The zero-order chi connectivity index (χ0) is 13.4. The smallest absolute Gasteiger partial charge is 0.154 e. The third-order valence-electron chi connectivity index (χ3n) is 3.47. The van der Waals surface area contributed by atoms with Crippen LogP contribution in [0.2, 0.25) is 0 Å². The van der Waals surface area contributed by atoms with Crippen LogP contribution in [0, 0.1) is 0 Å². The van der Waals surface area contributed by atoms with Crippen LogP contribution in [0.3, 0.4) is 0 Å². The molecule has 0 unspecified atom stereocenters. The molecule has 1 fully saturated rings. The molecule has 2 aliphatic rings. The van der Waals surface area contributed by atoms with E-state index in [-0.39, 0.29) is 0 Å². The van der Waals surface area contributed by atoms with Gasteiger partial charge in [-0.25, -0.2) is 9.73 Å². The van der Waals surface area contributed by atoms with Gasteiger partial charge in [-0.15, -0.1) is 0 Å². The van der Waals surface area contributed by atoms with E-state index in [1.165, 1.54) is 0 Å². The van der Waals surface area contributed by atoms with Crippen LogP contribution in [0.1, 0.15) is 0 Å². The van der Waals surface area contributed by atoms with E-state index in [0.29, 0.717) is 21.5 Å². The number of fused-ring (bicyclic) bond motifs is 1. The number of likely N-dealkylation sites (N-methyl/N-ethyl adjacent to an activating group) is 1. The fourth-order valence-corrected chi connectivity index (χ4v) is 2.29. The molecule has 2 heterocycles. The average Bonchev–Trinajstić information content (AvgIpc) is 2.80. The molecule has 100 valence electrons. The predicted molar refractivity (Wildman–Crippen MR) is 67.1 cm³/mol. The number of anilines is 2. The second kappa shape index (κ2) is 4.55. The minimum absolute atomic E-state index is 0.294. The van der Waals surface area contributed by atoms with Crippen LogP contribution < -0.4 is 20.7 Å². The molecule has 3 rings (SSSR count). The summed E-state index contributed by atoms with van der Waals surface area (Å²) in [6.45, 7) is 3.66. The summed E-state index contributed by atoms with van der Waals surface area (Å²) in [6, 6.07) is 3.49. The number of nitrogens with zero attached hydrogens (tertiary/aromatic N) is 4. The Kier molecular flexibility index (Phi) is 2.87. The Hall–Kier alpha value is -2.08. The Morgan fingerprint density at radius 2 is 2.05 bits per heavy atom. The van der Waals surface area contributed by atoms with Crippen LogP contribution in [0.5, 0.6) is 0 Å². The average molecular weight is 262 g/mol. The van der Waals surface area contributed by atoms with Gasteiger partial charge in [0, 0.05) is 31.9 Å². The predicted octanol–water partition coefficient (Wildman–Crippen LogP) is -1.38. The van der Waals surface area contributed by atoms with Crippen molar-refractivity contribution in [1.29, 1.82) is 0 Å². The SMILES string of the molecule is CN1CCN(c2cc3c(c(=C=O)c2)=NON3O)CC1. The highest BCUT2D eigenvalue weighted by atomic mass is 17.0. The molecule has 1 aromatic rings. The molecule has 7 nitrogen and oxygen atoms in total. The molecular formula is C12H14N4O3. The van der Waals surface area contributed by atoms with E-state index < -0.39 is 0 Å². The first-order chi connectivity index (χ1) is 9.19. The fraction of sp³-hybridized carbons (Fsp3) is 0.417. The fourth-order valence-electron chi connectivity index (χ4n) is 2.29. The maximum atomic E-state index is 11.0. The van der Waals surface area contributed by atoms with E-state index in [1.54, 1.807) is 12.1 Å². The third-order valence-corrected chi connectivity index (χ3v) is 3.47. The van der Waals surface area contributed by atoms with Gasteiger partial charge in [0.2, 0.25) is 0 Å². The van der Waals surface area contributed by atoms with Gasteiger partial charge < -0.3 is 9.80 Å². The van der Waals surface area contributed by atoms with E-state index >= 15 is 0 Å². The summed E-state index contributed by atoms with van der Waals surface area (Å²) >= 11 is 0. The van der Waals surface area contributed by atoms with Crippen molar-refractivity contribution in [2.24, 2.45) is 5.16 Å². The molecular weight excluding hydrogens is 248 g/mol. The zero-order valence-electron chi connectivity index (χ0n) is 10.5. The monoisotopic (exact) mass is 262 g/mol. The Balaban J connectivity index is 2.03. The van der Waals surface area contributed by atoms with Crippen LogP contribution in [0.25, 0.3) is 0 Å². The maximum absolute atomic E-state index is 11.0. The summed E-state index contributed by atoms with van der Waals surface area (Å²) in [6.07, 6.45) is 0. The zero-order valence-corrected chi connectivity index (χ0v) is 10.5. The van der Waals surface area contributed by atoms with Crippen molar-refractivity contribution < 1.29 is 14.9 Å². The highest BCUT2D eigenvalue weighted by Crippen LogP contribution is 2.20. The molecule has 7 heteroatoms. The van der Waals surface area contributed by atoms with E-state index in [1.807, 2.05) is 5.94 Å². The molecule has 1 saturated heterocycles. The maximum Gasteiger partial charge on any atom is 0.154 e. The molecule has 1 N–H and O–H groups in total. The first kappa shape index (κ1) is 12.0. The summed E-state index contributed by atoms with van der Waals surface area (Å²) < 4.78 is 0. The third kappa shape index (κ3) is 2.04. The summed E-state index contributed by atoms with van der Waals surface area (Å²) in [5.41, 5.74) is 1.24. The molecule has 0 aromatic heterocycles. The lowest BCUT2D eigenvalue weighted by Crippen LogP contribution is -2.45. The minimum Gasteiger partial charge on any atom is -0.369 e. The summed E-state index contributed by atoms with van der Waals surface area (Å²) in [5, 5.41) is 14.3. The minimum atomic E-state index is 0.294. The Bertz CT molecular complexity index is 633. The number of hydrogen-bond donors (Lipinski definition) is 1. The number of carbonyl (C=O) groups excluding carboxylic acids is 1. The van der Waals surface area contributed by atoms with E-state index in [4.69, 9.17) is 0 Å². The second-order valence-corrected chi connectivity index (χ2v) is 4.70. The van der Waals surface area contributed by atoms with Gasteiger partial charge in [-0.05, 0) is 24.3 Å². The highest BCUT2D eigenvalue weighted by molar-refractivity contribution is 5.62. The molecule has 19 heavy (non-hydrogen) atoms. The normalized spacial score (nSPS) is 18.6. The molecule has 0 radical (unpaired) electrons. The first-order valence-corrected chi connectivity index (χ1v) is 6.06. The quantitative estimate of drug-likeness (QED) is 0.672. The van der Waals surface area contributed by atoms with Gasteiger partial charge in [-0.1, -0.05) is 5.23 Å². The van der Waals surface area contributed by atoms with Crippen molar-refractivity contribution in [3.05, 3.63) is 22.7 Å². The Morgan fingerprint density at radius 1 is 1.32 bits per heavy atom. The van der Waals surface area contributed by atoms with E-state index in [2.05, 4.69) is 26.9 Å². The number of rotatable bonds is 1. The van der Waals surface area contributed by atoms with Gasteiger partial charge in [-0.2, -0.15) is 0 Å². The lowest BCUT2D eigenvalue weighted by molar-refractivity contribution is -0.0306. The van der Waals surface area contributed by atoms with E-state index in [9.17, 15) is 10.0 Å². The van der Waals surface area contributed by atoms with Crippen molar-refractivity contribution in [3.63, 3.8) is 0 Å². The van der Waals surface area contributed by atoms with Gasteiger partial charge >= 0.3 is 0 Å². The number of benzene rings is 1. The molecule has 0 atom stereocenters. The molecule has 0 saturated carbocycles.